The van der Waals surface area contributed by atoms with Crippen molar-refractivity contribution in [3.8, 4) is 0 Å². The topological polar surface area (TPSA) is 122 Å². The van der Waals surface area contributed by atoms with Gasteiger partial charge in [0, 0.05) is 25.1 Å². The van der Waals surface area contributed by atoms with Gasteiger partial charge in [-0.15, -0.1) is 5.10 Å². The van der Waals surface area contributed by atoms with Crippen LogP contribution in [0.3, 0.4) is 0 Å². The van der Waals surface area contributed by atoms with Gasteiger partial charge in [-0.2, -0.15) is 4.31 Å². The molecule has 0 radical (unpaired) electrons. The third kappa shape index (κ3) is 3.74. The molecule has 26 heavy (non-hydrogen) atoms. The molecule has 0 amide bonds. The summed E-state index contributed by atoms with van der Waals surface area (Å²) in [6.45, 7) is 4.04. The first-order valence-corrected chi connectivity index (χ1v) is 10.5. The highest BCUT2D eigenvalue weighted by atomic mass is 32.2. The molecule has 0 unspecified atom stereocenters. The Morgan fingerprint density at radius 1 is 1.35 bits per heavy atom. The van der Waals surface area contributed by atoms with Gasteiger partial charge < -0.3 is 0 Å². The monoisotopic (exact) mass is 397 g/mol. The summed E-state index contributed by atoms with van der Waals surface area (Å²) in [6.07, 6.45) is 2.13. The maximum absolute atomic E-state index is 12.6. The number of benzene rings is 1. The number of nitrogens with one attached hydrogen (secondary N) is 1. The average Bonchev–Trinajstić information content (AvgIpc) is 3.35. The van der Waals surface area contributed by atoms with Gasteiger partial charge in [0.1, 0.15) is 5.82 Å². The molecule has 140 valence electrons. The number of nitro benzene ring substituents is 1. The van der Waals surface area contributed by atoms with E-state index in [9.17, 15) is 18.5 Å². The fourth-order valence-electron chi connectivity index (χ4n) is 2.54. The van der Waals surface area contributed by atoms with E-state index in [0.717, 1.165) is 36.5 Å². The molecule has 0 saturated heterocycles. The van der Waals surface area contributed by atoms with E-state index >= 15 is 0 Å². The fourth-order valence-corrected chi connectivity index (χ4v) is 4.83. The molecule has 11 heteroatoms. The zero-order valence-corrected chi connectivity index (χ0v) is 16.0. The van der Waals surface area contributed by atoms with Crippen LogP contribution in [0.25, 0.3) is 0 Å². The van der Waals surface area contributed by atoms with Crippen LogP contribution in [-0.4, -0.2) is 45.9 Å². The van der Waals surface area contributed by atoms with Crippen LogP contribution in [0, 0.1) is 10.1 Å². The van der Waals surface area contributed by atoms with Crippen molar-refractivity contribution in [2.75, 3.05) is 13.1 Å². The van der Waals surface area contributed by atoms with Crippen LogP contribution in [0.4, 0.5) is 5.69 Å². The van der Waals surface area contributed by atoms with Gasteiger partial charge in [0.15, 0.2) is 0 Å². The van der Waals surface area contributed by atoms with E-state index in [1.165, 1.54) is 16.4 Å². The Morgan fingerprint density at radius 3 is 2.62 bits per heavy atom. The fraction of sp³-hybridized carbons (Fsp3) is 0.467. The van der Waals surface area contributed by atoms with E-state index in [1.807, 2.05) is 0 Å². The lowest BCUT2D eigenvalue weighted by atomic mass is 10.3. The molecule has 1 aliphatic carbocycles. The van der Waals surface area contributed by atoms with E-state index < -0.39 is 14.9 Å². The molecule has 0 atom stereocenters. The van der Waals surface area contributed by atoms with Crippen LogP contribution in [0.15, 0.2) is 33.1 Å². The van der Waals surface area contributed by atoms with Gasteiger partial charge in [-0.1, -0.05) is 13.8 Å². The first-order valence-electron chi connectivity index (χ1n) is 8.25. The molecule has 9 nitrogen and oxygen atoms in total. The number of sulfonamides is 1. The van der Waals surface area contributed by atoms with E-state index in [-0.39, 0.29) is 10.6 Å². The van der Waals surface area contributed by atoms with Gasteiger partial charge in [0.25, 0.3) is 5.69 Å². The first kappa shape index (κ1) is 18.8. The smallest absolute Gasteiger partial charge is 0.262 e. The summed E-state index contributed by atoms with van der Waals surface area (Å²) in [5.41, 5.74) is -0.277. The van der Waals surface area contributed by atoms with Crippen LogP contribution in [0.5, 0.6) is 0 Å². The Morgan fingerprint density at radius 2 is 2.04 bits per heavy atom. The van der Waals surface area contributed by atoms with Gasteiger partial charge in [0.2, 0.25) is 15.2 Å². The van der Waals surface area contributed by atoms with Gasteiger partial charge in [-0.05, 0) is 36.7 Å². The van der Waals surface area contributed by atoms with Crippen molar-refractivity contribution in [1.82, 2.24) is 19.5 Å². The van der Waals surface area contributed by atoms with Gasteiger partial charge >= 0.3 is 0 Å². The minimum absolute atomic E-state index is 0.0918. The largest absolute Gasteiger partial charge is 0.284 e. The number of aromatic amines is 1. The highest BCUT2D eigenvalue weighted by molar-refractivity contribution is 7.99. The van der Waals surface area contributed by atoms with Gasteiger partial charge in [0.05, 0.1) is 14.7 Å². The maximum Gasteiger partial charge on any atom is 0.284 e. The SMILES string of the molecule is CCN(CC)S(=O)(=O)c1ccc(Sc2n[nH]c(C3CC3)n2)c([N+](=O)[O-])c1. The van der Waals surface area contributed by atoms with Crippen LogP contribution >= 0.6 is 11.8 Å². The summed E-state index contributed by atoms with van der Waals surface area (Å²) >= 11 is 1.04. The summed E-state index contributed by atoms with van der Waals surface area (Å²) in [5.74, 6) is 1.18. The molecular weight excluding hydrogens is 378 g/mol. The number of hydrogen-bond acceptors (Lipinski definition) is 7. The Balaban J connectivity index is 1.92. The second-order valence-corrected chi connectivity index (χ2v) is 8.80. The molecule has 1 fully saturated rings. The number of rotatable bonds is 8. The Kier molecular flexibility index (Phi) is 5.30. The van der Waals surface area contributed by atoms with Crippen molar-refractivity contribution in [3.05, 3.63) is 34.1 Å². The van der Waals surface area contributed by atoms with Crippen molar-refractivity contribution >= 4 is 27.5 Å². The standard InChI is InChI=1S/C15H19N5O4S2/c1-3-19(4-2)26(23,24)11-7-8-13(12(9-11)20(21)22)25-15-16-14(17-18-15)10-5-6-10/h7-10H,3-6H2,1-2H3,(H,16,17,18). The molecule has 3 rings (SSSR count). The van der Waals surface area contributed by atoms with Crippen LogP contribution in [-0.2, 0) is 10.0 Å². The predicted molar refractivity (Wildman–Crippen MR) is 95.7 cm³/mol. The third-order valence-electron chi connectivity index (χ3n) is 4.12. The first-order chi connectivity index (χ1) is 12.4. The molecule has 0 bridgehead atoms. The Hall–Kier alpha value is -1.98. The van der Waals surface area contributed by atoms with Crippen molar-refractivity contribution in [2.45, 2.75) is 47.6 Å². The molecule has 1 aliphatic rings. The van der Waals surface area contributed by atoms with Crippen LogP contribution in [0.2, 0.25) is 0 Å². The average molecular weight is 397 g/mol. The Labute approximate surface area is 155 Å². The van der Waals surface area contributed by atoms with Crippen LogP contribution < -0.4 is 0 Å². The lowest BCUT2D eigenvalue weighted by molar-refractivity contribution is -0.388. The maximum atomic E-state index is 12.6. The van der Waals surface area contributed by atoms with Crippen molar-refractivity contribution in [3.63, 3.8) is 0 Å². The highest BCUT2D eigenvalue weighted by Crippen LogP contribution is 2.40. The molecule has 2 aromatic rings. The summed E-state index contributed by atoms with van der Waals surface area (Å²) in [5, 5.41) is 18.8. The molecule has 0 spiro atoms. The van der Waals surface area contributed by atoms with E-state index in [2.05, 4.69) is 15.2 Å². The molecule has 1 saturated carbocycles. The normalized spacial score (nSPS) is 14.7. The molecule has 1 aromatic heterocycles. The summed E-state index contributed by atoms with van der Waals surface area (Å²) in [4.78, 5) is 15.4. The van der Waals surface area contributed by atoms with Gasteiger partial charge in [-0.25, -0.2) is 13.4 Å². The van der Waals surface area contributed by atoms with E-state index in [1.54, 1.807) is 13.8 Å². The molecule has 1 N–H and O–H groups in total. The van der Waals surface area contributed by atoms with Crippen molar-refractivity contribution in [1.29, 1.82) is 0 Å². The molecule has 0 aliphatic heterocycles. The number of hydrogen-bond donors (Lipinski definition) is 1. The number of nitrogens with zero attached hydrogens (tertiary/aromatic N) is 4. The molecular formula is C15H19N5O4S2. The van der Waals surface area contributed by atoms with E-state index in [4.69, 9.17) is 0 Å². The second kappa shape index (κ2) is 7.33. The Bertz CT molecular complexity index is 920. The minimum atomic E-state index is -3.76. The molecule has 1 heterocycles. The van der Waals surface area contributed by atoms with Crippen molar-refractivity contribution in [2.24, 2.45) is 0 Å². The van der Waals surface area contributed by atoms with Crippen LogP contribution in [0.1, 0.15) is 38.4 Å². The minimum Gasteiger partial charge on any atom is -0.262 e. The van der Waals surface area contributed by atoms with Gasteiger partial charge in [-0.3, -0.25) is 15.2 Å². The lowest BCUT2D eigenvalue weighted by Crippen LogP contribution is -2.30. The summed E-state index contributed by atoms with van der Waals surface area (Å²) in [6, 6.07) is 3.92. The summed E-state index contributed by atoms with van der Waals surface area (Å²) in [7, 11) is -3.76. The number of H-pyrrole nitrogens is 1. The quantitative estimate of drug-likeness (QED) is 0.537. The second-order valence-electron chi connectivity index (χ2n) is 5.86. The number of aromatic nitrogens is 3. The predicted octanol–water partition coefficient (Wildman–Crippen LogP) is 2.77. The van der Waals surface area contributed by atoms with Crippen molar-refractivity contribution < 1.29 is 13.3 Å². The lowest BCUT2D eigenvalue weighted by Gasteiger charge is -2.18. The summed E-state index contributed by atoms with van der Waals surface area (Å²) < 4.78 is 26.4. The zero-order valence-electron chi connectivity index (χ0n) is 14.4. The number of nitro groups is 1. The molecule has 1 aromatic carbocycles. The highest BCUT2D eigenvalue weighted by Gasteiger charge is 2.29. The van der Waals surface area contributed by atoms with E-state index in [0.29, 0.717) is 29.1 Å². The third-order valence-corrected chi connectivity index (χ3v) is 7.09. The zero-order chi connectivity index (χ0) is 18.9.